The van der Waals surface area contributed by atoms with Crippen LogP contribution in [0.5, 0.6) is 0 Å². The van der Waals surface area contributed by atoms with E-state index < -0.39 is 0 Å². The smallest absolute Gasteiger partial charge is 0.0446 e. The lowest BCUT2D eigenvalue weighted by Gasteiger charge is -2.23. The van der Waals surface area contributed by atoms with Gasteiger partial charge in [0.25, 0.3) is 0 Å². The standard InChI is InChI=1S/C18H33NS/c1-7-9-10-11-12-14-13-15(18(5,6)19)20-16(14)17(3,4)8-2/h13H,7-12,19H2,1-6H3. The van der Waals surface area contributed by atoms with Gasteiger partial charge in [-0.2, -0.15) is 0 Å². The fourth-order valence-electron chi connectivity index (χ4n) is 2.41. The van der Waals surface area contributed by atoms with Gasteiger partial charge in [0.2, 0.25) is 0 Å². The number of hydrogen-bond donors (Lipinski definition) is 1. The highest BCUT2D eigenvalue weighted by molar-refractivity contribution is 7.12. The van der Waals surface area contributed by atoms with Crippen LogP contribution in [-0.2, 0) is 17.4 Å². The van der Waals surface area contributed by atoms with E-state index in [2.05, 4.69) is 47.6 Å². The Hall–Kier alpha value is -0.340. The first-order valence-corrected chi connectivity index (χ1v) is 8.96. The van der Waals surface area contributed by atoms with Crippen molar-refractivity contribution in [2.45, 2.75) is 91.0 Å². The van der Waals surface area contributed by atoms with Gasteiger partial charge >= 0.3 is 0 Å². The van der Waals surface area contributed by atoms with E-state index in [0.29, 0.717) is 0 Å². The first kappa shape index (κ1) is 17.7. The number of rotatable bonds is 8. The summed E-state index contributed by atoms with van der Waals surface area (Å²) in [6.07, 6.45) is 7.71. The lowest BCUT2D eigenvalue weighted by Crippen LogP contribution is -2.27. The van der Waals surface area contributed by atoms with Crippen molar-refractivity contribution in [1.82, 2.24) is 0 Å². The Kier molecular flexibility index (Phi) is 6.27. The first-order valence-electron chi connectivity index (χ1n) is 8.15. The maximum Gasteiger partial charge on any atom is 0.0446 e. The van der Waals surface area contributed by atoms with Crippen molar-refractivity contribution in [1.29, 1.82) is 0 Å². The first-order chi connectivity index (χ1) is 9.22. The van der Waals surface area contributed by atoms with Crippen LogP contribution in [0, 0.1) is 0 Å². The lowest BCUT2D eigenvalue weighted by molar-refractivity contribution is 0.510. The minimum absolute atomic E-state index is 0.217. The average molecular weight is 296 g/mol. The maximum atomic E-state index is 6.31. The summed E-state index contributed by atoms with van der Waals surface area (Å²) >= 11 is 1.94. The minimum Gasteiger partial charge on any atom is -0.321 e. The second-order valence-electron chi connectivity index (χ2n) is 7.23. The molecule has 0 aliphatic carbocycles. The highest BCUT2D eigenvalue weighted by Gasteiger charge is 2.27. The van der Waals surface area contributed by atoms with Crippen LogP contribution in [0.3, 0.4) is 0 Å². The van der Waals surface area contributed by atoms with Gasteiger partial charge in [0.15, 0.2) is 0 Å². The van der Waals surface area contributed by atoms with Gasteiger partial charge in [-0.1, -0.05) is 47.0 Å². The zero-order valence-corrected chi connectivity index (χ0v) is 15.1. The normalized spacial score (nSPS) is 12.9. The second-order valence-corrected chi connectivity index (χ2v) is 8.29. The summed E-state index contributed by atoms with van der Waals surface area (Å²) in [6.45, 7) is 13.5. The number of nitrogens with two attached hydrogens (primary N) is 1. The van der Waals surface area contributed by atoms with Gasteiger partial charge in [-0.05, 0) is 50.2 Å². The zero-order valence-electron chi connectivity index (χ0n) is 14.3. The topological polar surface area (TPSA) is 26.0 Å². The van der Waals surface area contributed by atoms with E-state index in [9.17, 15) is 0 Å². The van der Waals surface area contributed by atoms with Crippen molar-refractivity contribution in [3.05, 3.63) is 21.4 Å². The molecule has 0 spiro atoms. The number of aryl methyl sites for hydroxylation is 1. The van der Waals surface area contributed by atoms with Crippen LogP contribution in [0.2, 0.25) is 0 Å². The molecule has 1 aromatic heterocycles. The molecular weight excluding hydrogens is 262 g/mol. The van der Waals surface area contributed by atoms with E-state index in [1.807, 2.05) is 11.3 Å². The maximum absolute atomic E-state index is 6.31. The number of unbranched alkanes of at least 4 members (excludes halogenated alkanes) is 3. The summed E-state index contributed by atoms with van der Waals surface area (Å²) in [6, 6.07) is 2.38. The Balaban J connectivity index is 2.97. The molecular formula is C18H33NS. The van der Waals surface area contributed by atoms with Crippen molar-refractivity contribution in [3.8, 4) is 0 Å². The van der Waals surface area contributed by atoms with Crippen molar-refractivity contribution >= 4 is 11.3 Å². The highest BCUT2D eigenvalue weighted by atomic mass is 32.1. The van der Waals surface area contributed by atoms with Gasteiger partial charge < -0.3 is 5.73 Å². The summed E-state index contributed by atoms with van der Waals surface area (Å²) < 4.78 is 0. The van der Waals surface area contributed by atoms with E-state index in [1.54, 1.807) is 10.4 Å². The number of hydrogen-bond acceptors (Lipinski definition) is 2. The van der Waals surface area contributed by atoms with Crippen LogP contribution in [0.15, 0.2) is 6.07 Å². The lowest BCUT2D eigenvalue weighted by atomic mass is 9.85. The largest absolute Gasteiger partial charge is 0.321 e. The van der Waals surface area contributed by atoms with Gasteiger partial charge in [0.1, 0.15) is 0 Å². The second kappa shape index (κ2) is 7.09. The molecule has 0 radical (unpaired) electrons. The predicted molar refractivity (Wildman–Crippen MR) is 92.7 cm³/mol. The Morgan fingerprint density at radius 2 is 1.70 bits per heavy atom. The van der Waals surface area contributed by atoms with Crippen molar-refractivity contribution in [2.75, 3.05) is 0 Å². The summed E-state index contributed by atoms with van der Waals surface area (Å²) in [5.74, 6) is 0. The molecule has 1 nitrogen and oxygen atoms in total. The van der Waals surface area contributed by atoms with Crippen molar-refractivity contribution in [3.63, 3.8) is 0 Å². The quantitative estimate of drug-likeness (QED) is 0.607. The Morgan fingerprint density at radius 3 is 2.20 bits per heavy atom. The Morgan fingerprint density at radius 1 is 1.05 bits per heavy atom. The molecule has 1 rings (SSSR count). The molecule has 0 atom stereocenters. The van der Waals surface area contributed by atoms with E-state index in [0.717, 1.165) is 0 Å². The molecule has 0 fully saturated rings. The van der Waals surface area contributed by atoms with E-state index in [-0.39, 0.29) is 11.0 Å². The Labute approximate surface area is 130 Å². The molecule has 0 saturated heterocycles. The molecule has 0 aliphatic rings. The molecule has 1 heterocycles. The molecule has 0 unspecified atom stereocenters. The summed E-state index contributed by atoms with van der Waals surface area (Å²) in [4.78, 5) is 2.89. The SMILES string of the molecule is CCCCCCc1cc(C(C)(C)N)sc1C(C)(C)CC. The molecule has 0 bridgehead atoms. The average Bonchev–Trinajstić information content (AvgIpc) is 2.79. The summed E-state index contributed by atoms with van der Waals surface area (Å²) in [5, 5.41) is 0. The van der Waals surface area contributed by atoms with Crippen LogP contribution in [0.4, 0.5) is 0 Å². The van der Waals surface area contributed by atoms with Gasteiger partial charge in [-0.3, -0.25) is 0 Å². The molecule has 116 valence electrons. The van der Waals surface area contributed by atoms with Crippen molar-refractivity contribution < 1.29 is 0 Å². The van der Waals surface area contributed by atoms with Gasteiger partial charge in [0.05, 0.1) is 0 Å². The van der Waals surface area contributed by atoms with E-state index in [1.165, 1.54) is 43.4 Å². The van der Waals surface area contributed by atoms with Gasteiger partial charge in [-0.15, -0.1) is 11.3 Å². The third-order valence-corrected chi connectivity index (χ3v) is 6.13. The minimum atomic E-state index is -0.217. The number of thiophene rings is 1. The Bertz CT molecular complexity index is 410. The van der Waals surface area contributed by atoms with E-state index >= 15 is 0 Å². The van der Waals surface area contributed by atoms with Crippen LogP contribution < -0.4 is 5.73 Å². The molecule has 2 heteroatoms. The fraction of sp³-hybridized carbons (Fsp3) is 0.778. The van der Waals surface area contributed by atoms with Crippen molar-refractivity contribution in [2.24, 2.45) is 5.73 Å². The van der Waals surface area contributed by atoms with Crippen LogP contribution in [0.1, 0.15) is 89.0 Å². The van der Waals surface area contributed by atoms with Gasteiger partial charge in [0, 0.05) is 15.3 Å². The molecule has 0 aromatic carbocycles. The highest BCUT2D eigenvalue weighted by Crippen LogP contribution is 2.39. The molecule has 2 N–H and O–H groups in total. The third kappa shape index (κ3) is 4.60. The van der Waals surface area contributed by atoms with Crippen LogP contribution in [-0.4, -0.2) is 0 Å². The van der Waals surface area contributed by atoms with E-state index in [4.69, 9.17) is 5.73 Å². The summed E-state index contributed by atoms with van der Waals surface area (Å²) in [5.41, 5.74) is 7.91. The van der Waals surface area contributed by atoms with Gasteiger partial charge in [-0.25, -0.2) is 0 Å². The zero-order chi connectivity index (χ0) is 15.4. The molecule has 0 aliphatic heterocycles. The van der Waals surface area contributed by atoms with Crippen LogP contribution in [0.25, 0.3) is 0 Å². The molecule has 20 heavy (non-hydrogen) atoms. The monoisotopic (exact) mass is 295 g/mol. The van der Waals surface area contributed by atoms with Crippen LogP contribution >= 0.6 is 11.3 Å². The predicted octanol–water partition coefficient (Wildman–Crippen LogP) is 5.75. The molecule has 0 saturated carbocycles. The molecule has 0 amide bonds. The fourth-order valence-corrected chi connectivity index (χ4v) is 3.80. The third-order valence-electron chi connectivity index (χ3n) is 4.24. The molecule has 1 aromatic rings. The summed E-state index contributed by atoms with van der Waals surface area (Å²) in [7, 11) is 0.